The first kappa shape index (κ1) is 32.6. The highest BCUT2D eigenvalue weighted by Gasteiger charge is 2.79. The van der Waals surface area contributed by atoms with E-state index in [4.69, 9.17) is 9.57 Å². The summed E-state index contributed by atoms with van der Waals surface area (Å²) >= 11 is 0.500. The molecule has 0 aromatic heterocycles. The number of benzene rings is 2. The van der Waals surface area contributed by atoms with Crippen molar-refractivity contribution in [2.75, 3.05) is 12.6 Å². The minimum Gasteiger partial charge on any atom is -0.489 e. The first-order valence-electron chi connectivity index (χ1n) is 16.0. The third-order valence-electron chi connectivity index (χ3n) is 11.8. The lowest BCUT2D eigenvalue weighted by Crippen LogP contribution is -2.70. The summed E-state index contributed by atoms with van der Waals surface area (Å²) in [7, 11) is 0. The zero-order chi connectivity index (χ0) is 33.4. The quantitative estimate of drug-likeness (QED) is 0.332. The van der Waals surface area contributed by atoms with E-state index < -0.39 is 69.0 Å². The fourth-order valence-electron chi connectivity index (χ4n) is 9.62. The minimum absolute atomic E-state index is 0.0334. The maximum Gasteiger partial charge on any atom is 0.226 e. The normalized spacial score (nSPS) is 39.1. The zero-order valence-electron chi connectivity index (χ0n) is 26.1. The highest BCUT2D eigenvalue weighted by molar-refractivity contribution is 8.13. The van der Waals surface area contributed by atoms with E-state index in [0.29, 0.717) is 23.9 Å². The van der Waals surface area contributed by atoms with Crippen LogP contribution in [-0.4, -0.2) is 57.2 Å². The van der Waals surface area contributed by atoms with Crippen molar-refractivity contribution in [3.8, 4) is 5.75 Å². The number of allylic oxidation sites excluding steroid dienone is 4. The summed E-state index contributed by atoms with van der Waals surface area (Å²) in [5.41, 5.74) is -4.98. The molecule has 3 saturated carbocycles. The first-order valence-corrected chi connectivity index (χ1v) is 16.9. The molecule has 1 heterocycles. The lowest BCUT2D eigenvalue weighted by Gasteiger charge is -2.63. The summed E-state index contributed by atoms with van der Waals surface area (Å²) < 4.78 is 66.8. The smallest absolute Gasteiger partial charge is 0.226 e. The van der Waals surface area contributed by atoms with Crippen molar-refractivity contribution >= 4 is 22.7 Å². The second-order valence-corrected chi connectivity index (χ2v) is 14.9. The minimum atomic E-state index is -2.29. The third-order valence-corrected chi connectivity index (χ3v) is 12.5. The number of carbonyl (C=O) groups excluding carboxylic acids is 2. The molecule has 0 bridgehead atoms. The fraction of sp³-hybridized carbons (Fsp3) is 0.500. The molecule has 7 rings (SSSR count). The van der Waals surface area contributed by atoms with Crippen molar-refractivity contribution in [1.29, 1.82) is 0 Å². The van der Waals surface area contributed by atoms with Crippen molar-refractivity contribution in [3.63, 3.8) is 0 Å². The molecule has 5 aliphatic rings. The summed E-state index contributed by atoms with van der Waals surface area (Å²) in [6.45, 7) is 4.03. The molecule has 1 saturated heterocycles. The molecule has 4 fully saturated rings. The van der Waals surface area contributed by atoms with Crippen molar-refractivity contribution in [2.24, 2.45) is 28.6 Å². The van der Waals surface area contributed by atoms with E-state index in [1.807, 2.05) is 18.2 Å². The van der Waals surface area contributed by atoms with Crippen molar-refractivity contribution < 1.29 is 41.8 Å². The molecule has 11 heteroatoms. The lowest BCUT2D eigenvalue weighted by molar-refractivity contribution is -0.266. The summed E-state index contributed by atoms with van der Waals surface area (Å²) in [6, 6.07) is 12.4. The summed E-state index contributed by atoms with van der Waals surface area (Å²) in [4.78, 5) is 32.8. The van der Waals surface area contributed by atoms with E-state index in [1.165, 1.54) is 31.2 Å². The SMILES string of the molecule is C[C@]12C=CC(=O)C=C1[C@@H](F)C[C@H]1[C@@H]3C[C@H]4CN(Cc5ccccc5OCc5ccc(F)cc5)O[C@@]4(C(=O)SCF)[C@@]3(C)C[C@H](O)[C@@]12F. The number of halogens is 4. The van der Waals surface area contributed by atoms with E-state index in [0.717, 1.165) is 17.2 Å². The van der Waals surface area contributed by atoms with E-state index in [2.05, 4.69) is 0 Å². The molecule has 2 aromatic rings. The standard InChI is InChI=1S/C36H37F4NO5S/c1-33-12-11-25(42)14-28(33)29(39)15-27-26-13-23-18-41(17-22-5-3-4-6-30(22)45-19-21-7-9-24(38)10-8-21)46-36(23,32(44)47-20-37)34(26,2)16-31(43)35(27,33)40/h3-12,14,23,26-27,29,31,43H,13,15-20H2,1-2H3/t23-,26-,27-,29-,31-,33-,34-,35-,36-/m0/s1. The van der Waals surface area contributed by atoms with E-state index >= 15 is 8.78 Å². The molecule has 47 heavy (non-hydrogen) atoms. The van der Waals surface area contributed by atoms with Crippen LogP contribution in [0, 0.1) is 34.4 Å². The molecule has 4 aliphatic carbocycles. The number of rotatable bonds is 7. The van der Waals surface area contributed by atoms with Crippen LogP contribution in [-0.2, 0) is 27.6 Å². The number of hydroxylamine groups is 2. The van der Waals surface area contributed by atoms with Gasteiger partial charge in [-0.15, -0.1) is 0 Å². The van der Waals surface area contributed by atoms with Crippen LogP contribution in [0.2, 0.25) is 0 Å². The number of ether oxygens (including phenoxy) is 1. The summed E-state index contributed by atoms with van der Waals surface area (Å²) in [5.74, 6) is -2.20. The van der Waals surface area contributed by atoms with Crippen LogP contribution in [0.25, 0.3) is 0 Å². The molecule has 6 nitrogen and oxygen atoms in total. The van der Waals surface area contributed by atoms with Gasteiger partial charge in [0.25, 0.3) is 0 Å². The number of nitrogens with zero attached hydrogens (tertiary/aromatic N) is 1. The predicted molar refractivity (Wildman–Crippen MR) is 167 cm³/mol. The zero-order valence-corrected chi connectivity index (χ0v) is 27.0. The molecule has 0 amide bonds. The van der Waals surface area contributed by atoms with Crippen LogP contribution in [0.1, 0.15) is 44.2 Å². The Morgan fingerprint density at radius 1 is 1.13 bits per heavy atom. The van der Waals surface area contributed by atoms with Gasteiger partial charge in [0.1, 0.15) is 30.4 Å². The summed E-state index contributed by atoms with van der Waals surface area (Å²) in [6.07, 6.45) is 0.476. The van der Waals surface area contributed by atoms with Crippen LogP contribution < -0.4 is 4.74 Å². The number of thioether (sulfide) groups is 1. The van der Waals surface area contributed by atoms with Gasteiger partial charge >= 0.3 is 0 Å². The Hall–Kier alpha value is -2.99. The molecule has 0 radical (unpaired) electrons. The number of hydrogen-bond donors (Lipinski definition) is 1. The molecule has 1 aliphatic heterocycles. The van der Waals surface area contributed by atoms with E-state index in [1.54, 1.807) is 30.2 Å². The van der Waals surface area contributed by atoms with E-state index in [9.17, 15) is 23.5 Å². The van der Waals surface area contributed by atoms with Gasteiger partial charge in [-0.25, -0.2) is 17.6 Å². The number of fused-ring (bicyclic) bond motifs is 7. The van der Waals surface area contributed by atoms with Crippen LogP contribution in [0.5, 0.6) is 5.75 Å². The molecular formula is C36H37F4NO5S. The third kappa shape index (κ3) is 4.70. The molecule has 9 atom stereocenters. The average molecular weight is 672 g/mol. The number of ketones is 1. The van der Waals surface area contributed by atoms with Crippen molar-refractivity contribution in [2.45, 2.75) is 69.8 Å². The molecule has 250 valence electrons. The Morgan fingerprint density at radius 2 is 1.87 bits per heavy atom. The van der Waals surface area contributed by atoms with Crippen molar-refractivity contribution in [3.05, 3.63) is 89.3 Å². The largest absolute Gasteiger partial charge is 0.489 e. The highest BCUT2D eigenvalue weighted by Crippen LogP contribution is 2.73. The van der Waals surface area contributed by atoms with Crippen LogP contribution in [0.3, 0.4) is 0 Å². The second-order valence-electron chi connectivity index (χ2n) is 14.0. The Morgan fingerprint density at radius 3 is 2.62 bits per heavy atom. The maximum absolute atomic E-state index is 17.7. The van der Waals surface area contributed by atoms with Gasteiger partial charge in [0.05, 0.1) is 12.6 Å². The van der Waals surface area contributed by atoms with Gasteiger partial charge in [-0.2, -0.15) is 5.06 Å². The number of aliphatic hydroxyl groups is 1. The van der Waals surface area contributed by atoms with Gasteiger partial charge in [-0.3, -0.25) is 14.4 Å². The van der Waals surface area contributed by atoms with Gasteiger partial charge in [0.2, 0.25) is 5.12 Å². The van der Waals surface area contributed by atoms with Gasteiger partial charge in [-0.05, 0) is 73.6 Å². The van der Waals surface area contributed by atoms with Gasteiger partial charge in [0.15, 0.2) is 17.1 Å². The fourth-order valence-corrected chi connectivity index (χ4v) is 10.4. The summed E-state index contributed by atoms with van der Waals surface area (Å²) in [5, 5.41) is 12.9. The number of para-hydroxylation sites is 1. The predicted octanol–water partition coefficient (Wildman–Crippen LogP) is 6.62. The first-order chi connectivity index (χ1) is 22.4. The molecule has 0 unspecified atom stereocenters. The van der Waals surface area contributed by atoms with Gasteiger partial charge in [0, 0.05) is 34.8 Å². The van der Waals surface area contributed by atoms with Crippen LogP contribution >= 0.6 is 11.8 Å². The van der Waals surface area contributed by atoms with E-state index in [-0.39, 0.29) is 43.9 Å². The van der Waals surface area contributed by atoms with Gasteiger partial charge in [-0.1, -0.05) is 55.1 Å². The number of aliphatic hydroxyl groups excluding tert-OH is 1. The van der Waals surface area contributed by atoms with Crippen molar-refractivity contribution in [1.82, 2.24) is 5.06 Å². The number of alkyl halides is 3. The lowest BCUT2D eigenvalue weighted by atomic mass is 9.44. The Bertz CT molecular complexity index is 1650. The van der Waals surface area contributed by atoms with Crippen LogP contribution in [0.15, 0.2) is 72.3 Å². The molecular weight excluding hydrogens is 634 g/mol. The monoisotopic (exact) mass is 671 g/mol. The van der Waals surface area contributed by atoms with Crippen LogP contribution in [0.4, 0.5) is 17.6 Å². The Kier molecular flexibility index (Phi) is 8.01. The number of hydrogen-bond acceptors (Lipinski definition) is 7. The molecule has 2 aromatic carbocycles. The Labute approximate surface area is 275 Å². The molecule has 1 N–H and O–H groups in total. The van der Waals surface area contributed by atoms with Gasteiger partial charge < -0.3 is 9.84 Å². The second kappa shape index (κ2) is 11.6. The average Bonchev–Trinajstić information content (AvgIpc) is 3.52. The Balaban J connectivity index is 1.19. The maximum atomic E-state index is 17.7. The molecule has 0 spiro atoms. The number of carbonyl (C=O) groups is 2. The topological polar surface area (TPSA) is 76.1 Å². The highest BCUT2D eigenvalue weighted by atomic mass is 32.2.